The van der Waals surface area contributed by atoms with Gasteiger partial charge in [-0.3, -0.25) is 9.69 Å². The van der Waals surface area contributed by atoms with Gasteiger partial charge in [-0.1, -0.05) is 42.5 Å². The number of fused-ring (bicyclic) bond motifs is 2. The fourth-order valence-corrected chi connectivity index (χ4v) is 6.86. The Hall–Kier alpha value is -4.33. The van der Waals surface area contributed by atoms with Gasteiger partial charge in [0.25, 0.3) is 5.91 Å². The molecule has 0 bridgehead atoms. The van der Waals surface area contributed by atoms with Crippen LogP contribution in [0.15, 0.2) is 73.1 Å². The van der Waals surface area contributed by atoms with Gasteiger partial charge in [0.05, 0.1) is 5.69 Å². The quantitative estimate of drug-likeness (QED) is 0.259. The minimum atomic E-state index is 0.0845. The summed E-state index contributed by atoms with van der Waals surface area (Å²) in [5.41, 5.74) is 11.6. The lowest BCUT2D eigenvalue weighted by atomic mass is 9.93. The first-order valence-electron chi connectivity index (χ1n) is 15.5. The van der Waals surface area contributed by atoms with Crippen LogP contribution in [0.4, 0.5) is 5.69 Å². The highest BCUT2D eigenvalue weighted by molar-refractivity contribution is 6.09. The molecule has 1 saturated carbocycles. The lowest BCUT2D eigenvalue weighted by molar-refractivity contribution is 0.0980. The number of carbonyl (C=O) groups excluding carboxylic acids is 1. The van der Waals surface area contributed by atoms with Gasteiger partial charge >= 0.3 is 0 Å². The van der Waals surface area contributed by atoms with E-state index in [0.717, 1.165) is 89.5 Å². The van der Waals surface area contributed by atoms with E-state index >= 15 is 0 Å². The van der Waals surface area contributed by atoms with E-state index in [1.54, 1.807) is 6.33 Å². The number of carbonyl (C=O) groups is 1. The average molecular weight is 569 g/mol. The van der Waals surface area contributed by atoms with Crippen LogP contribution >= 0.6 is 0 Å². The third kappa shape index (κ3) is 4.92. The zero-order chi connectivity index (χ0) is 28.9. The maximum atomic E-state index is 13.7. The summed E-state index contributed by atoms with van der Waals surface area (Å²) in [6.45, 7) is 7.98. The van der Waals surface area contributed by atoms with Crippen molar-refractivity contribution in [2.24, 2.45) is 0 Å². The van der Waals surface area contributed by atoms with Gasteiger partial charge in [0.15, 0.2) is 0 Å². The highest BCUT2D eigenvalue weighted by Crippen LogP contribution is 2.42. The number of nitrogens with zero attached hydrogens (tertiary/aromatic N) is 4. The molecular formula is C36H36N6O. The van der Waals surface area contributed by atoms with E-state index in [1.165, 1.54) is 29.5 Å². The van der Waals surface area contributed by atoms with Crippen LogP contribution in [0.25, 0.3) is 33.5 Å². The van der Waals surface area contributed by atoms with Crippen molar-refractivity contribution >= 4 is 22.6 Å². The lowest BCUT2D eigenvalue weighted by Crippen LogP contribution is -2.42. The molecule has 7 heteroatoms. The predicted octanol–water partition coefficient (Wildman–Crippen LogP) is 6.09. The number of benzene rings is 3. The van der Waals surface area contributed by atoms with Gasteiger partial charge < -0.3 is 15.2 Å². The molecule has 3 aromatic carbocycles. The summed E-state index contributed by atoms with van der Waals surface area (Å²) >= 11 is 0. The molecule has 0 atom stereocenters. The van der Waals surface area contributed by atoms with Gasteiger partial charge in [-0.25, -0.2) is 9.97 Å². The molecule has 2 aliphatic heterocycles. The summed E-state index contributed by atoms with van der Waals surface area (Å²) < 4.78 is 0. The van der Waals surface area contributed by atoms with E-state index in [2.05, 4.69) is 81.7 Å². The maximum Gasteiger partial charge on any atom is 0.258 e. The number of aromatic amines is 1. The highest BCUT2D eigenvalue weighted by atomic mass is 16.2. The molecular weight excluding hydrogens is 532 g/mol. The monoisotopic (exact) mass is 568 g/mol. The van der Waals surface area contributed by atoms with Crippen LogP contribution in [0.5, 0.6) is 0 Å². The summed E-state index contributed by atoms with van der Waals surface area (Å²) in [6, 6.07) is 23.6. The van der Waals surface area contributed by atoms with Gasteiger partial charge in [-0.15, -0.1) is 0 Å². The molecule has 5 aromatic rings. The van der Waals surface area contributed by atoms with Crippen LogP contribution < -0.4 is 10.2 Å². The molecule has 0 spiro atoms. The number of amides is 1. The molecule has 7 nitrogen and oxygen atoms in total. The Bertz CT molecular complexity index is 1850. The van der Waals surface area contributed by atoms with E-state index < -0.39 is 0 Å². The van der Waals surface area contributed by atoms with Gasteiger partial charge in [-0.05, 0) is 84.2 Å². The van der Waals surface area contributed by atoms with Crippen molar-refractivity contribution in [1.82, 2.24) is 25.2 Å². The highest BCUT2D eigenvalue weighted by Gasteiger charge is 2.30. The number of H-pyrrole nitrogens is 1. The standard InChI is InChI=1S/C36H36N6O/c1-23-29(6-3-7-33(23)42-15-12-27-19-26(25-8-9-25)10-11-30(27)36(42)43)34-31-20-32(40-35(31)39-22-38-34)28-5-2-4-24(18-28)21-41-16-13-37-14-17-41/h2-7,10-11,18-20,22,25,37H,8-9,12-17,21H2,1H3,(H,38,39,40). The summed E-state index contributed by atoms with van der Waals surface area (Å²) in [7, 11) is 0. The molecule has 2 N–H and O–H groups in total. The second-order valence-corrected chi connectivity index (χ2v) is 12.2. The van der Waals surface area contributed by atoms with E-state index in [4.69, 9.17) is 4.98 Å². The topological polar surface area (TPSA) is 77.2 Å². The van der Waals surface area contributed by atoms with E-state index in [0.29, 0.717) is 12.5 Å². The fourth-order valence-electron chi connectivity index (χ4n) is 6.86. The van der Waals surface area contributed by atoms with Gasteiger partial charge in [0.1, 0.15) is 12.0 Å². The number of hydrogen-bond donors (Lipinski definition) is 2. The molecule has 0 radical (unpaired) electrons. The Morgan fingerprint density at radius 3 is 2.63 bits per heavy atom. The van der Waals surface area contributed by atoms with Gasteiger partial charge in [0.2, 0.25) is 0 Å². The van der Waals surface area contributed by atoms with Crippen molar-refractivity contribution < 1.29 is 4.79 Å². The van der Waals surface area contributed by atoms with Crippen molar-refractivity contribution in [1.29, 1.82) is 0 Å². The zero-order valence-electron chi connectivity index (χ0n) is 24.6. The Kier molecular flexibility index (Phi) is 6.57. The van der Waals surface area contributed by atoms with Gasteiger partial charge in [0, 0.05) is 67.2 Å². The number of piperazine rings is 1. The number of rotatable bonds is 6. The summed E-state index contributed by atoms with van der Waals surface area (Å²) in [6.07, 6.45) is 5.04. The molecule has 8 rings (SSSR count). The van der Waals surface area contributed by atoms with E-state index in [9.17, 15) is 4.79 Å². The molecule has 2 fully saturated rings. The molecule has 43 heavy (non-hydrogen) atoms. The van der Waals surface area contributed by atoms with Gasteiger partial charge in [-0.2, -0.15) is 0 Å². The van der Waals surface area contributed by atoms with Crippen LogP contribution in [0.3, 0.4) is 0 Å². The molecule has 216 valence electrons. The maximum absolute atomic E-state index is 13.7. The predicted molar refractivity (Wildman–Crippen MR) is 171 cm³/mol. The second-order valence-electron chi connectivity index (χ2n) is 12.2. The molecule has 2 aromatic heterocycles. The Morgan fingerprint density at radius 1 is 0.907 bits per heavy atom. The first-order valence-corrected chi connectivity index (χ1v) is 15.5. The Labute approximate surface area is 252 Å². The minimum Gasteiger partial charge on any atom is -0.339 e. The Morgan fingerprint density at radius 2 is 1.77 bits per heavy atom. The normalized spacial score (nSPS) is 17.4. The van der Waals surface area contributed by atoms with Crippen LogP contribution in [0.1, 0.15) is 51.4 Å². The van der Waals surface area contributed by atoms with Crippen molar-refractivity contribution in [3.8, 4) is 22.5 Å². The summed E-state index contributed by atoms with van der Waals surface area (Å²) in [5, 5.41) is 4.41. The smallest absolute Gasteiger partial charge is 0.258 e. The van der Waals surface area contributed by atoms with Crippen LogP contribution in [-0.4, -0.2) is 58.5 Å². The van der Waals surface area contributed by atoms with Crippen molar-refractivity contribution in [3.05, 3.63) is 101 Å². The van der Waals surface area contributed by atoms with E-state index in [-0.39, 0.29) is 5.91 Å². The average Bonchev–Trinajstić information content (AvgIpc) is 3.80. The van der Waals surface area contributed by atoms with Crippen LogP contribution in [-0.2, 0) is 13.0 Å². The molecule has 0 unspecified atom stereocenters. The first-order chi connectivity index (χ1) is 21.1. The largest absolute Gasteiger partial charge is 0.339 e. The number of anilines is 1. The fraction of sp³-hybridized carbons (Fsp3) is 0.306. The molecule has 4 heterocycles. The van der Waals surface area contributed by atoms with Crippen LogP contribution in [0.2, 0.25) is 0 Å². The third-order valence-electron chi connectivity index (χ3n) is 9.39. The minimum absolute atomic E-state index is 0.0845. The number of nitrogens with one attached hydrogen (secondary N) is 2. The Balaban J connectivity index is 1.11. The van der Waals surface area contributed by atoms with E-state index in [1.807, 2.05) is 17.0 Å². The zero-order valence-corrected chi connectivity index (χ0v) is 24.6. The van der Waals surface area contributed by atoms with Crippen molar-refractivity contribution in [2.45, 2.75) is 38.6 Å². The number of aromatic nitrogens is 3. The second kappa shape index (κ2) is 10.7. The molecule has 1 saturated heterocycles. The molecule has 3 aliphatic rings. The molecule has 1 aliphatic carbocycles. The summed E-state index contributed by atoms with van der Waals surface area (Å²) in [5.74, 6) is 0.776. The SMILES string of the molecule is Cc1c(-c2ncnc3[nH]c(-c4cccc(CN5CCNCC5)c4)cc23)cccc1N1CCc2cc(C3CC3)ccc2C1=O. The number of hydrogen-bond acceptors (Lipinski definition) is 5. The first kappa shape index (κ1) is 26.3. The van der Waals surface area contributed by atoms with Crippen LogP contribution in [0, 0.1) is 6.92 Å². The molecule has 1 amide bonds. The van der Waals surface area contributed by atoms with Crippen molar-refractivity contribution in [2.75, 3.05) is 37.6 Å². The van der Waals surface area contributed by atoms with Crippen molar-refractivity contribution in [3.63, 3.8) is 0 Å². The lowest BCUT2D eigenvalue weighted by Gasteiger charge is -2.30. The third-order valence-corrected chi connectivity index (χ3v) is 9.39. The summed E-state index contributed by atoms with van der Waals surface area (Å²) in [4.78, 5) is 31.1.